The Hall–Kier alpha value is -0.610. The van der Waals surface area contributed by atoms with Gasteiger partial charge in [-0.05, 0) is 47.7 Å². The van der Waals surface area contributed by atoms with Gasteiger partial charge in [0.05, 0.1) is 6.42 Å². The maximum atomic E-state index is 10.9. The van der Waals surface area contributed by atoms with Gasteiger partial charge in [-0.2, -0.15) is 0 Å². The van der Waals surface area contributed by atoms with E-state index in [4.69, 9.17) is 5.11 Å². The highest BCUT2D eigenvalue weighted by molar-refractivity contribution is 5.67. The summed E-state index contributed by atoms with van der Waals surface area (Å²) in [6, 6.07) is 0.574. The van der Waals surface area contributed by atoms with Crippen LogP contribution in [0, 0.1) is 0 Å². The Kier molecular flexibility index (Phi) is 4.55. The van der Waals surface area contributed by atoms with Gasteiger partial charge >= 0.3 is 5.97 Å². The molecule has 1 fully saturated rings. The molecule has 0 saturated carbocycles. The third kappa shape index (κ3) is 3.68. The molecule has 0 bridgehead atoms. The van der Waals surface area contributed by atoms with Crippen LogP contribution in [-0.2, 0) is 4.79 Å². The van der Waals surface area contributed by atoms with Gasteiger partial charge in [-0.25, -0.2) is 0 Å². The SMILES string of the molecule is CC(C)N1CC(CC(=O)O)N(C)CCC1(C)C. The van der Waals surface area contributed by atoms with E-state index >= 15 is 0 Å². The van der Waals surface area contributed by atoms with E-state index in [-0.39, 0.29) is 18.0 Å². The van der Waals surface area contributed by atoms with Crippen molar-refractivity contribution in [3.63, 3.8) is 0 Å². The molecule has 0 amide bonds. The fraction of sp³-hybridized carbons (Fsp3) is 0.923. The van der Waals surface area contributed by atoms with E-state index in [2.05, 4.69) is 37.5 Å². The average molecular weight is 242 g/mol. The van der Waals surface area contributed by atoms with Gasteiger partial charge in [0.25, 0.3) is 0 Å². The minimum absolute atomic E-state index is 0.122. The number of carboxylic acid groups (broad SMARTS) is 1. The Morgan fingerprint density at radius 3 is 2.53 bits per heavy atom. The van der Waals surface area contributed by atoms with Crippen LogP contribution < -0.4 is 0 Å². The molecule has 0 aliphatic carbocycles. The van der Waals surface area contributed by atoms with Crippen LogP contribution in [0.4, 0.5) is 0 Å². The molecule has 0 aromatic heterocycles. The molecule has 1 N–H and O–H groups in total. The van der Waals surface area contributed by atoms with E-state index in [0.717, 1.165) is 19.5 Å². The molecule has 4 nitrogen and oxygen atoms in total. The van der Waals surface area contributed by atoms with Crippen LogP contribution in [0.1, 0.15) is 40.5 Å². The number of hydrogen-bond donors (Lipinski definition) is 1. The molecule has 0 spiro atoms. The number of likely N-dealkylation sites (N-methyl/N-ethyl adjacent to an activating group) is 1. The van der Waals surface area contributed by atoms with Crippen LogP contribution in [0.2, 0.25) is 0 Å². The van der Waals surface area contributed by atoms with Crippen molar-refractivity contribution < 1.29 is 9.90 Å². The highest BCUT2D eigenvalue weighted by atomic mass is 16.4. The number of hydrogen-bond acceptors (Lipinski definition) is 3. The second-order valence-electron chi connectivity index (χ2n) is 6.04. The molecular formula is C13H26N2O2. The Morgan fingerprint density at radius 1 is 1.47 bits per heavy atom. The molecule has 1 aliphatic rings. The maximum absolute atomic E-state index is 10.9. The van der Waals surface area contributed by atoms with Gasteiger partial charge in [0, 0.05) is 24.2 Å². The summed E-state index contributed by atoms with van der Waals surface area (Å²) in [5.41, 5.74) is 0.148. The molecule has 1 saturated heterocycles. The molecule has 0 aromatic rings. The van der Waals surface area contributed by atoms with E-state index in [0.29, 0.717) is 6.04 Å². The fourth-order valence-electron chi connectivity index (χ4n) is 2.72. The first-order chi connectivity index (χ1) is 7.74. The molecule has 1 atom stereocenters. The van der Waals surface area contributed by atoms with E-state index in [9.17, 15) is 4.79 Å². The average Bonchev–Trinajstić information content (AvgIpc) is 2.28. The molecule has 1 heterocycles. The molecule has 100 valence electrons. The maximum Gasteiger partial charge on any atom is 0.304 e. The lowest BCUT2D eigenvalue weighted by molar-refractivity contribution is -0.138. The Morgan fingerprint density at radius 2 is 2.06 bits per heavy atom. The van der Waals surface area contributed by atoms with Gasteiger partial charge in [-0.3, -0.25) is 9.69 Å². The predicted octanol–water partition coefficient (Wildman–Crippen LogP) is 1.65. The standard InChI is InChI=1S/C13H26N2O2/c1-10(2)15-9-11(8-12(16)17)14(5)7-6-13(15,3)4/h10-11H,6-9H2,1-5H3,(H,16,17). The predicted molar refractivity (Wildman–Crippen MR) is 69.2 cm³/mol. The second kappa shape index (κ2) is 5.36. The number of aliphatic carboxylic acids is 1. The van der Waals surface area contributed by atoms with Crippen LogP contribution in [0.25, 0.3) is 0 Å². The lowest BCUT2D eigenvalue weighted by Crippen LogP contribution is -2.50. The summed E-state index contributed by atoms with van der Waals surface area (Å²) in [5.74, 6) is -0.703. The summed E-state index contributed by atoms with van der Waals surface area (Å²) < 4.78 is 0. The summed E-state index contributed by atoms with van der Waals surface area (Å²) in [6.45, 7) is 10.7. The van der Waals surface area contributed by atoms with Crippen molar-refractivity contribution in [1.29, 1.82) is 0 Å². The largest absolute Gasteiger partial charge is 0.481 e. The van der Waals surface area contributed by atoms with Gasteiger partial charge in [0.2, 0.25) is 0 Å². The summed E-state index contributed by atoms with van der Waals surface area (Å²) in [4.78, 5) is 15.5. The summed E-state index contributed by atoms with van der Waals surface area (Å²) in [7, 11) is 2.04. The fourth-order valence-corrected chi connectivity index (χ4v) is 2.72. The van der Waals surface area contributed by atoms with Gasteiger partial charge in [-0.15, -0.1) is 0 Å². The molecule has 1 aliphatic heterocycles. The van der Waals surface area contributed by atoms with E-state index in [1.54, 1.807) is 0 Å². The number of nitrogens with zero attached hydrogens (tertiary/aromatic N) is 2. The molecule has 0 aromatic carbocycles. The Bertz CT molecular complexity index is 277. The second-order valence-corrected chi connectivity index (χ2v) is 6.04. The molecular weight excluding hydrogens is 216 g/mol. The lowest BCUT2D eigenvalue weighted by atomic mass is 9.96. The third-order valence-corrected chi connectivity index (χ3v) is 3.92. The van der Waals surface area contributed by atoms with Crippen molar-refractivity contribution in [3.05, 3.63) is 0 Å². The van der Waals surface area contributed by atoms with E-state index in [1.165, 1.54) is 0 Å². The van der Waals surface area contributed by atoms with Crippen molar-refractivity contribution in [3.8, 4) is 0 Å². The smallest absolute Gasteiger partial charge is 0.304 e. The van der Waals surface area contributed by atoms with Crippen LogP contribution in [0.5, 0.6) is 0 Å². The highest BCUT2D eigenvalue weighted by Gasteiger charge is 2.35. The lowest BCUT2D eigenvalue weighted by Gasteiger charge is -2.41. The minimum Gasteiger partial charge on any atom is -0.481 e. The van der Waals surface area contributed by atoms with Crippen LogP contribution >= 0.6 is 0 Å². The van der Waals surface area contributed by atoms with E-state index < -0.39 is 5.97 Å². The van der Waals surface area contributed by atoms with Crippen molar-refractivity contribution in [2.45, 2.75) is 58.2 Å². The first kappa shape index (κ1) is 14.5. The molecule has 1 unspecified atom stereocenters. The zero-order chi connectivity index (χ0) is 13.2. The first-order valence-electron chi connectivity index (χ1n) is 6.43. The van der Waals surface area contributed by atoms with Crippen molar-refractivity contribution in [2.75, 3.05) is 20.1 Å². The zero-order valence-corrected chi connectivity index (χ0v) is 11.7. The van der Waals surface area contributed by atoms with Gasteiger partial charge in [-0.1, -0.05) is 0 Å². The highest BCUT2D eigenvalue weighted by Crippen LogP contribution is 2.27. The number of carboxylic acids is 1. The third-order valence-electron chi connectivity index (χ3n) is 3.92. The normalized spacial score (nSPS) is 27.1. The van der Waals surface area contributed by atoms with Crippen molar-refractivity contribution in [2.24, 2.45) is 0 Å². The van der Waals surface area contributed by atoms with Gasteiger partial charge in [0.1, 0.15) is 0 Å². The topological polar surface area (TPSA) is 43.8 Å². The van der Waals surface area contributed by atoms with Gasteiger partial charge in [0.15, 0.2) is 0 Å². The Balaban J connectivity index is 2.85. The molecule has 17 heavy (non-hydrogen) atoms. The Labute approximate surface area is 105 Å². The van der Waals surface area contributed by atoms with E-state index in [1.807, 2.05) is 7.05 Å². The first-order valence-corrected chi connectivity index (χ1v) is 6.43. The van der Waals surface area contributed by atoms with Gasteiger partial charge < -0.3 is 10.0 Å². The summed E-state index contributed by atoms with van der Waals surface area (Å²) in [6.07, 6.45) is 1.31. The molecule has 0 radical (unpaired) electrons. The number of carbonyl (C=O) groups is 1. The zero-order valence-electron chi connectivity index (χ0n) is 11.7. The quantitative estimate of drug-likeness (QED) is 0.817. The minimum atomic E-state index is -0.703. The molecule has 4 heteroatoms. The summed E-state index contributed by atoms with van der Waals surface area (Å²) in [5, 5.41) is 8.99. The molecule has 1 rings (SSSR count). The number of rotatable bonds is 3. The van der Waals surface area contributed by atoms with Crippen LogP contribution in [0.3, 0.4) is 0 Å². The monoisotopic (exact) mass is 242 g/mol. The van der Waals surface area contributed by atoms with Crippen LogP contribution in [0.15, 0.2) is 0 Å². The summed E-state index contributed by atoms with van der Waals surface area (Å²) >= 11 is 0. The van der Waals surface area contributed by atoms with Crippen molar-refractivity contribution >= 4 is 5.97 Å². The van der Waals surface area contributed by atoms with Crippen molar-refractivity contribution in [1.82, 2.24) is 9.80 Å². The van der Waals surface area contributed by atoms with Crippen LogP contribution in [-0.4, -0.2) is 58.6 Å².